The van der Waals surface area contributed by atoms with Gasteiger partial charge in [0.15, 0.2) is 0 Å². The molecule has 1 rings (SSSR count). The van der Waals surface area contributed by atoms with Crippen molar-refractivity contribution in [1.82, 2.24) is 0 Å². The smallest absolute Gasteiger partial charge is 0.309 e. The normalized spacial score (nSPS) is 11.2. The number of halogens is 1. The Balaban J connectivity index is 2.43. The largest absolute Gasteiger partial charge is 0.493 e. The van der Waals surface area contributed by atoms with Gasteiger partial charge >= 0.3 is 5.97 Å². The number of rotatable bonds is 5. The number of hydrogen-bond acceptors (Lipinski definition) is 3. The third-order valence-electron chi connectivity index (χ3n) is 2.39. The minimum absolute atomic E-state index is 0.237. The molecule has 0 unspecified atom stereocenters. The molecule has 1 aromatic carbocycles. The molecular formula is C15H21ClO3. The number of ether oxygens (including phenoxy) is 2. The molecule has 106 valence electrons. The van der Waals surface area contributed by atoms with E-state index in [0.717, 1.165) is 22.8 Å². The minimum atomic E-state index is -0.452. The maximum absolute atomic E-state index is 11.5. The predicted molar refractivity (Wildman–Crippen MR) is 76.8 cm³/mol. The zero-order chi connectivity index (χ0) is 14.5. The van der Waals surface area contributed by atoms with Crippen LogP contribution < -0.4 is 4.74 Å². The quantitative estimate of drug-likeness (QED) is 0.766. The van der Waals surface area contributed by atoms with Crippen LogP contribution in [0.1, 0.15) is 39.7 Å². The van der Waals surface area contributed by atoms with E-state index in [1.807, 2.05) is 39.8 Å². The zero-order valence-electron chi connectivity index (χ0n) is 12.0. The molecule has 0 N–H and O–H groups in total. The molecule has 0 spiro atoms. The summed E-state index contributed by atoms with van der Waals surface area (Å²) in [5, 5.41) is 0.738. The van der Waals surface area contributed by atoms with Crippen molar-refractivity contribution in [3.05, 3.63) is 28.8 Å². The molecule has 0 bridgehead atoms. The van der Waals surface area contributed by atoms with Crippen LogP contribution in [0.3, 0.4) is 0 Å². The number of carbonyl (C=O) groups excluding carboxylic acids is 1. The minimum Gasteiger partial charge on any atom is -0.493 e. The van der Waals surface area contributed by atoms with E-state index in [1.165, 1.54) is 0 Å². The maximum Gasteiger partial charge on any atom is 0.309 e. The number of esters is 1. The summed E-state index contributed by atoms with van der Waals surface area (Å²) >= 11 is 6.02. The molecule has 0 radical (unpaired) electrons. The maximum atomic E-state index is 11.5. The van der Waals surface area contributed by atoms with Crippen molar-refractivity contribution >= 4 is 17.6 Å². The summed E-state index contributed by atoms with van der Waals surface area (Å²) < 4.78 is 10.7. The van der Waals surface area contributed by atoms with Crippen LogP contribution >= 0.6 is 11.6 Å². The lowest BCUT2D eigenvalue weighted by molar-refractivity contribution is -0.155. The lowest BCUT2D eigenvalue weighted by Crippen LogP contribution is -2.24. The van der Waals surface area contributed by atoms with E-state index in [4.69, 9.17) is 21.1 Å². The molecule has 0 aliphatic rings. The molecule has 0 aliphatic carbocycles. The first kappa shape index (κ1) is 15.8. The monoisotopic (exact) mass is 284 g/mol. The van der Waals surface area contributed by atoms with E-state index in [9.17, 15) is 4.79 Å². The fourth-order valence-electron chi connectivity index (χ4n) is 1.56. The molecule has 0 atom stereocenters. The Morgan fingerprint density at radius 3 is 2.58 bits per heavy atom. The molecule has 4 heteroatoms. The van der Waals surface area contributed by atoms with Crippen molar-refractivity contribution in [2.75, 3.05) is 6.61 Å². The summed E-state index contributed by atoms with van der Waals surface area (Å²) in [6, 6.07) is 5.51. The molecule has 0 fully saturated rings. The van der Waals surface area contributed by atoms with Gasteiger partial charge in [0.05, 0.1) is 13.0 Å². The Hall–Kier alpha value is -1.22. The van der Waals surface area contributed by atoms with Crippen molar-refractivity contribution in [3.63, 3.8) is 0 Å². The predicted octanol–water partition coefficient (Wildman–Crippen LogP) is 4.01. The van der Waals surface area contributed by atoms with Crippen LogP contribution in [0.4, 0.5) is 0 Å². The van der Waals surface area contributed by atoms with Crippen molar-refractivity contribution in [1.29, 1.82) is 0 Å². The van der Waals surface area contributed by atoms with Gasteiger partial charge in [0.25, 0.3) is 0 Å². The van der Waals surface area contributed by atoms with Gasteiger partial charge in [0, 0.05) is 5.02 Å². The second-order valence-electron chi connectivity index (χ2n) is 5.29. The number of carbonyl (C=O) groups is 1. The second-order valence-corrected chi connectivity index (χ2v) is 5.70. The summed E-state index contributed by atoms with van der Waals surface area (Å²) in [5.74, 6) is 0.474. The summed E-state index contributed by atoms with van der Waals surface area (Å²) in [7, 11) is 0. The van der Waals surface area contributed by atoms with E-state index >= 15 is 0 Å². The third kappa shape index (κ3) is 5.97. The van der Waals surface area contributed by atoms with Gasteiger partial charge in [0.1, 0.15) is 11.4 Å². The van der Waals surface area contributed by atoms with Crippen LogP contribution in [0, 0.1) is 0 Å². The summed E-state index contributed by atoms with van der Waals surface area (Å²) in [6.45, 7) is 7.88. The SMILES string of the molecule is CCc1cc(OCCC(=O)OC(C)(C)C)ccc1Cl. The van der Waals surface area contributed by atoms with Gasteiger partial charge in [-0.25, -0.2) is 0 Å². The average Bonchev–Trinajstić information content (AvgIpc) is 2.29. The summed E-state index contributed by atoms with van der Waals surface area (Å²) in [5.41, 5.74) is 0.587. The average molecular weight is 285 g/mol. The molecule has 0 heterocycles. The van der Waals surface area contributed by atoms with Gasteiger partial charge in [-0.3, -0.25) is 4.79 Å². The van der Waals surface area contributed by atoms with Crippen LogP contribution in [-0.2, 0) is 16.0 Å². The Morgan fingerprint density at radius 2 is 2.00 bits per heavy atom. The van der Waals surface area contributed by atoms with Gasteiger partial charge in [-0.15, -0.1) is 0 Å². The second kappa shape index (κ2) is 6.80. The summed E-state index contributed by atoms with van der Waals surface area (Å²) in [4.78, 5) is 11.5. The van der Waals surface area contributed by atoms with Crippen LogP contribution in [0.5, 0.6) is 5.75 Å². The number of hydrogen-bond donors (Lipinski definition) is 0. The molecular weight excluding hydrogens is 264 g/mol. The first-order valence-electron chi connectivity index (χ1n) is 6.45. The lowest BCUT2D eigenvalue weighted by Gasteiger charge is -2.19. The van der Waals surface area contributed by atoms with Crippen LogP contribution in [0.15, 0.2) is 18.2 Å². The highest BCUT2D eigenvalue weighted by molar-refractivity contribution is 6.31. The van der Waals surface area contributed by atoms with Gasteiger partial charge < -0.3 is 9.47 Å². The van der Waals surface area contributed by atoms with Crippen molar-refractivity contribution < 1.29 is 14.3 Å². The first-order valence-corrected chi connectivity index (χ1v) is 6.82. The van der Waals surface area contributed by atoms with Crippen molar-refractivity contribution in [2.45, 2.75) is 46.1 Å². The molecule has 0 aromatic heterocycles. The first-order chi connectivity index (χ1) is 8.81. The molecule has 1 aromatic rings. The topological polar surface area (TPSA) is 35.5 Å². The van der Waals surface area contributed by atoms with Crippen molar-refractivity contribution in [3.8, 4) is 5.75 Å². The molecule has 0 saturated carbocycles. The Labute approximate surface area is 119 Å². The van der Waals surface area contributed by atoms with Gasteiger partial charge in [-0.05, 0) is 51.0 Å². The highest BCUT2D eigenvalue weighted by atomic mass is 35.5. The van der Waals surface area contributed by atoms with E-state index in [-0.39, 0.29) is 12.4 Å². The van der Waals surface area contributed by atoms with E-state index in [2.05, 4.69) is 0 Å². The fourth-order valence-corrected chi connectivity index (χ4v) is 1.81. The molecule has 0 amide bonds. The van der Waals surface area contributed by atoms with Crippen LogP contribution in [-0.4, -0.2) is 18.2 Å². The highest BCUT2D eigenvalue weighted by Gasteiger charge is 2.15. The van der Waals surface area contributed by atoms with E-state index in [0.29, 0.717) is 6.61 Å². The van der Waals surface area contributed by atoms with Crippen molar-refractivity contribution in [2.24, 2.45) is 0 Å². The molecule has 19 heavy (non-hydrogen) atoms. The standard InChI is InChI=1S/C15H21ClO3/c1-5-11-10-12(6-7-13(11)16)18-9-8-14(17)19-15(2,3)4/h6-7,10H,5,8-9H2,1-4H3. The number of benzene rings is 1. The van der Waals surface area contributed by atoms with Gasteiger partial charge in [-0.1, -0.05) is 18.5 Å². The van der Waals surface area contributed by atoms with E-state index in [1.54, 1.807) is 6.07 Å². The highest BCUT2D eigenvalue weighted by Crippen LogP contribution is 2.22. The van der Waals surface area contributed by atoms with Gasteiger partial charge in [-0.2, -0.15) is 0 Å². The van der Waals surface area contributed by atoms with Crippen LogP contribution in [0.2, 0.25) is 5.02 Å². The summed E-state index contributed by atoms with van der Waals surface area (Å²) in [6.07, 6.45) is 1.09. The molecule has 3 nitrogen and oxygen atoms in total. The molecule has 0 saturated heterocycles. The Kier molecular flexibility index (Phi) is 5.67. The Morgan fingerprint density at radius 1 is 1.32 bits per heavy atom. The Bertz CT molecular complexity index is 436. The lowest BCUT2D eigenvalue weighted by atomic mass is 10.1. The molecule has 0 aliphatic heterocycles. The fraction of sp³-hybridized carbons (Fsp3) is 0.533. The third-order valence-corrected chi connectivity index (χ3v) is 2.76. The van der Waals surface area contributed by atoms with Crippen LogP contribution in [0.25, 0.3) is 0 Å². The van der Waals surface area contributed by atoms with Gasteiger partial charge in [0.2, 0.25) is 0 Å². The zero-order valence-corrected chi connectivity index (χ0v) is 12.7. The van der Waals surface area contributed by atoms with E-state index < -0.39 is 5.60 Å². The number of aryl methyl sites for hydroxylation is 1.